The quantitative estimate of drug-likeness (QED) is 0.275. The van der Waals surface area contributed by atoms with Crippen molar-refractivity contribution in [1.82, 2.24) is 0 Å². The summed E-state index contributed by atoms with van der Waals surface area (Å²) in [4.78, 5) is 3.78. The maximum absolute atomic E-state index is 7.70. The molecule has 0 aromatic carbocycles. The SMILES string of the molecule is CCCCOO.[Ti]. The fourth-order valence-corrected chi connectivity index (χ4v) is 0.209. The molecule has 0 heterocycles. The second-order valence-electron chi connectivity index (χ2n) is 1.19. The van der Waals surface area contributed by atoms with E-state index in [-0.39, 0.29) is 21.7 Å². The third-order valence-corrected chi connectivity index (χ3v) is 0.589. The Morgan fingerprint density at radius 1 is 1.57 bits per heavy atom. The van der Waals surface area contributed by atoms with Crippen molar-refractivity contribution in [2.24, 2.45) is 0 Å². The first-order chi connectivity index (χ1) is 2.91. The van der Waals surface area contributed by atoms with Gasteiger partial charge in [-0.2, -0.15) is 0 Å². The van der Waals surface area contributed by atoms with Gasteiger partial charge >= 0.3 is 0 Å². The molecule has 3 heteroatoms. The van der Waals surface area contributed by atoms with E-state index < -0.39 is 0 Å². The predicted molar refractivity (Wildman–Crippen MR) is 23.5 cm³/mol. The van der Waals surface area contributed by atoms with Crippen LogP contribution in [0.3, 0.4) is 0 Å². The minimum atomic E-state index is 0. The molecule has 2 nitrogen and oxygen atoms in total. The van der Waals surface area contributed by atoms with E-state index in [4.69, 9.17) is 5.26 Å². The molecule has 0 aromatic rings. The molecule has 0 aliphatic heterocycles. The molecular weight excluding hydrogens is 128 g/mol. The van der Waals surface area contributed by atoms with E-state index in [1.54, 1.807) is 0 Å². The van der Waals surface area contributed by atoms with Crippen LogP contribution < -0.4 is 0 Å². The van der Waals surface area contributed by atoms with Crippen LogP contribution in [0.1, 0.15) is 19.8 Å². The second-order valence-corrected chi connectivity index (χ2v) is 1.19. The van der Waals surface area contributed by atoms with Gasteiger partial charge in [-0.05, 0) is 6.42 Å². The van der Waals surface area contributed by atoms with E-state index in [0.717, 1.165) is 12.8 Å². The first kappa shape index (κ1) is 10.6. The van der Waals surface area contributed by atoms with Crippen LogP contribution in [-0.2, 0) is 26.6 Å². The number of rotatable bonds is 3. The molecule has 0 saturated carbocycles. The standard InChI is InChI=1S/C4H10O2.Ti/c1-2-3-4-6-5;/h5H,2-4H2,1H3;. The normalized spacial score (nSPS) is 7.71. The van der Waals surface area contributed by atoms with Gasteiger partial charge in [0.1, 0.15) is 0 Å². The monoisotopic (exact) mass is 138 g/mol. The fraction of sp³-hybridized carbons (Fsp3) is 1.00. The Hall–Kier alpha value is 0.634. The van der Waals surface area contributed by atoms with Crippen molar-refractivity contribution < 1.29 is 31.9 Å². The molecule has 1 N–H and O–H groups in total. The van der Waals surface area contributed by atoms with Gasteiger partial charge in [0.2, 0.25) is 0 Å². The summed E-state index contributed by atoms with van der Waals surface area (Å²) < 4.78 is 0. The molecule has 0 unspecified atom stereocenters. The van der Waals surface area contributed by atoms with Crippen molar-refractivity contribution in [3.8, 4) is 0 Å². The van der Waals surface area contributed by atoms with Crippen LogP contribution in [0.25, 0.3) is 0 Å². The van der Waals surface area contributed by atoms with Gasteiger partial charge in [-0.25, -0.2) is 4.89 Å². The summed E-state index contributed by atoms with van der Waals surface area (Å²) in [6.07, 6.45) is 2.01. The summed E-state index contributed by atoms with van der Waals surface area (Å²) in [6, 6.07) is 0. The maximum Gasteiger partial charge on any atom is 0.0819 e. The molecule has 0 aliphatic carbocycles. The van der Waals surface area contributed by atoms with Gasteiger partial charge in [0.25, 0.3) is 0 Å². The van der Waals surface area contributed by atoms with Gasteiger partial charge in [-0.3, -0.25) is 5.26 Å². The van der Waals surface area contributed by atoms with Crippen molar-refractivity contribution in [2.75, 3.05) is 6.61 Å². The third-order valence-electron chi connectivity index (χ3n) is 0.589. The van der Waals surface area contributed by atoms with Crippen LogP contribution >= 0.6 is 0 Å². The molecule has 0 saturated heterocycles. The van der Waals surface area contributed by atoms with Crippen LogP contribution in [0, 0.1) is 0 Å². The van der Waals surface area contributed by atoms with Crippen LogP contribution in [0.15, 0.2) is 0 Å². The molecule has 0 aromatic heterocycles. The Morgan fingerprint density at radius 2 is 2.14 bits per heavy atom. The Morgan fingerprint density at radius 3 is 2.29 bits per heavy atom. The largest absolute Gasteiger partial charge is 0.252 e. The molecular formula is C4H10O2Ti. The molecule has 0 amide bonds. The minimum Gasteiger partial charge on any atom is -0.252 e. The summed E-state index contributed by atoms with van der Waals surface area (Å²) in [6.45, 7) is 2.51. The molecule has 0 radical (unpaired) electrons. The Labute approximate surface area is 58.7 Å². The Bertz CT molecular complexity index is 21.7. The molecule has 7 heavy (non-hydrogen) atoms. The number of hydrogen-bond acceptors (Lipinski definition) is 2. The smallest absolute Gasteiger partial charge is 0.0819 e. The van der Waals surface area contributed by atoms with Gasteiger partial charge in [-0.15, -0.1) is 0 Å². The van der Waals surface area contributed by atoms with Crippen LogP contribution in [0.2, 0.25) is 0 Å². The minimum absolute atomic E-state index is 0. The van der Waals surface area contributed by atoms with Crippen molar-refractivity contribution >= 4 is 0 Å². The van der Waals surface area contributed by atoms with E-state index in [9.17, 15) is 0 Å². The average molecular weight is 138 g/mol. The summed E-state index contributed by atoms with van der Waals surface area (Å²) in [5.41, 5.74) is 0. The molecule has 0 spiro atoms. The van der Waals surface area contributed by atoms with Crippen molar-refractivity contribution in [2.45, 2.75) is 19.8 Å². The summed E-state index contributed by atoms with van der Waals surface area (Å²) >= 11 is 0. The zero-order chi connectivity index (χ0) is 4.83. The van der Waals surface area contributed by atoms with Crippen LogP contribution in [0.4, 0.5) is 0 Å². The van der Waals surface area contributed by atoms with E-state index in [1.807, 2.05) is 6.92 Å². The van der Waals surface area contributed by atoms with Gasteiger partial charge in [-0.1, -0.05) is 13.3 Å². The molecule has 0 rings (SSSR count). The van der Waals surface area contributed by atoms with Crippen molar-refractivity contribution in [1.29, 1.82) is 0 Å². The van der Waals surface area contributed by atoms with Gasteiger partial charge < -0.3 is 0 Å². The summed E-state index contributed by atoms with van der Waals surface area (Å²) in [5.74, 6) is 0. The molecule has 0 atom stereocenters. The first-order valence-electron chi connectivity index (χ1n) is 2.18. The van der Waals surface area contributed by atoms with E-state index in [2.05, 4.69) is 4.89 Å². The fourth-order valence-electron chi connectivity index (χ4n) is 0.209. The third kappa shape index (κ3) is 10.8. The molecule has 0 fully saturated rings. The Kier molecular flexibility index (Phi) is 14.8. The van der Waals surface area contributed by atoms with E-state index in [0.29, 0.717) is 6.61 Å². The number of hydrogen-bond donors (Lipinski definition) is 1. The molecule has 42 valence electrons. The van der Waals surface area contributed by atoms with Crippen LogP contribution in [-0.4, -0.2) is 11.9 Å². The average Bonchev–Trinajstić information content (AvgIpc) is 1.61. The Balaban J connectivity index is 0. The molecule has 0 aliphatic rings. The van der Waals surface area contributed by atoms with E-state index in [1.165, 1.54) is 0 Å². The van der Waals surface area contributed by atoms with Crippen molar-refractivity contribution in [3.63, 3.8) is 0 Å². The van der Waals surface area contributed by atoms with E-state index >= 15 is 0 Å². The van der Waals surface area contributed by atoms with Gasteiger partial charge in [0, 0.05) is 21.7 Å². The van der Waals surface area contributed by atoms with Crippen LogP contribution in [0.5, 0.6) is 0 Å². The summed E-state index contributed by atoms with van der Waals surface area (Å²) in [7, 11) is 0. The van der Waals surface area contributed by atoms with Crippen molar-refractivity contribution in [3.05, 3.63) is 0 Å². The second kappa shape index (κ2) is 9.81. The van der Waals surface area contributed by atoms with Gasteiger partial charge in [0.05, 0.1) is 6.61 Å². The number of unbranched alkanes of at least 4 members (excludes halogenated alkanes) is 1. The first-order valence-corrected chi connectivity index (χ1v) is 2.18. The van der Waals surface area contributed by atoms with Gasteiger partial charge in [0.15, 0.2) is 0 Å². The summed E-state index contributed by atoms with van der Waals surface area (Å²) in [5, 5.41) is 7.70. The topological polar surface area (TPSA) is 29.5 Å². The maximum atomic E-state index is 7.70. The zero-order valence-electron chi connectivity index (χ0n) is 4.48. The predicted octanol–water partition coefficient (Wildman–Crippen LogP) is 1.27. The zero-order valence-corrected chi connectivity index (χ0v) is 6.04. The molecule has 0 bridgehead atoms.